The third-order valence-corrected chi connectivity index (χ3v) is 3.93. The second-order valence-electron chi connectivity index (χ2n) is 6.39. The molecule has 1 saturated heterocycles. The number of anilines is 1. The Labute approximate surface area is 128 Å². The molecule has 0 saturated carbocycles. The number of ether oxygens (including phenoxy) is 1. The van der Waals surface area contributed by atoms with Crippen molar-refractivity contribution in [2.75, 3.05) is 24.6 Å². The Morgan fingerprint density at radius 2 is 2.29 bits per heavy atom. The van der Waals surface area contributed by atoms with Crippen molar-refractivity contribution in [2.24, 2.45) is 5.92 Å². The molecule has 1 aromatic rings. The third kappa shape index (κ3) is 4.68. The van der Waals surface area contributed by atoms with Crippen LogP contribution in [-0.2, 0) is 11.3 Å². The Morgan fingerprint density at radius 3 is 3.00 bits per heavy atom. The molecule has 1 aliphatic heterocycles. The van der Waals surface area contributed by atoms with Crippen molar-refractivity contribution in [1.29, 1.82) is 0 Å². The molecule has 2 rings (SSSR count). The zero-order valence-electron chi connectivity index (χ0n) is 13.8. The summed E-state index contributed by atoms with van der Waals surface area (Å²) in [4.78, 5) is 6.95. The average molecular weight is 291 g/mol. The number of nitrogens with one attached hydrogen (secondary N) is 1. The Hall–Kier alpha value is -1.13. The number of hydrogen-bond donors (Lipinski definition) is 1. The van der Waals surface area contributed by atoms with Gasteiger partial charge in [0.25, 0.3) is 0 Å². The van der Waals surface area contributed by atoms with E-state index in [1.165, 1.54) is 5.69 Å². The highest BCUT2D eigenvalue weighted by Crippen LogP contribution is 2.23. The van der Waals surface area contributed by atoms with Gasteiger partial charge in [0.05, 0.1) is 24.4 Å². The van der Waals surface area contributed by atoms with Crippen LogP contribution in [0.4, 0.5) is 5.69 Å². The first kappa shape index (κ1) is 16.2. The van der Waals surface area contributed by atoms with Crippen LogP contribution < -0.4 is 10.2 Å². The van der Waals surface area contributed by atoms with Gasteiger partial charge in [-0.25, -0.2) is 0 Å². The molecule has 1 aliphatic rings. The number of rotatable bonds is 6. The zero-order valence-corrected chi connectivity index (χ0v) is 13.8. The highest BCUT2D eigenvalue weighted by Gasteiger charge is 2.25. The third-order valence-electron chi connectivity index (χ3n) is 3.93. The first-order valence-corrected chi connectivity index (χ1v) is 8.14. The molecule has 2 atom stereocenters. The first-order valence-electron chi connectivity index (χ1n) is 8.14. The summed E-state index contributed by atoms with van der Waals surface area (Å²) in [5, 5.41) is 3.46. The molecule has 4 heteroatoms. The summed E-state index contributed by atoms with van der Waals surface area (Å²) in [6.07, 6.45) is 3.33. The molecule has 0 spiro atoms. The van der Waals surface area contributed by atoms with Crippen LogP contribution in [0.2, 0.25) is 0 Å². The summed E-state index contributed by atoms with van der Waals surface area (Å²) < 4.78 is 5.78. The van der Waals surface area contributed by atoms with E-state index >= 15 is 0 Å². The minimum atomic E-state index is 0.295. The quantitative estimate of drug-likeness (QED) is 0.874. The fourth-order valence-corrected chi connectivity index (χ4v) is 2.73. The monoisotopic (exact) mass is 291 g/mol. The Morgan fingerprint density at radius 1 is 1.48 bits per heavy atom. The maximum atomic E-state index is 5.78. The predicted octanol–water partition coefficient (Wildman–Crippen LogP) is 2.83. The van der Waals surface area contributed by atoms with Crippen molar-refractivity contribution in [3.05, 3.63) is 24.0 Å². The SMILES string of the molecule is CCC1COC(C)CN1c1ccnc(CNCC(C)C)c1. The second-order valence-corrected chi connectivity index (χ2v) is 6.39. The molecule has 118 valence electrons. The Bertz CT molecular complexity index is 436. The topological polar surface area (TPSA) is 37.4 Å². The van der Waals surface area contributed by atoms with Crippen molar-refractivity contribution < 1.29 is 4.74 Å². The molecule has 1 fully saturated rings. The molecule has 0 amide bonds. The van der Waals surface area contributed by atoms with E-state index in [-0.39, 0.29) is 0 Å². The van der Waals surface area contributed by atoms with Gasteiger partial charge in [0.1, 0.15) is 0 Å². The summed E-state index contributed by atoms with van der Waals surface area (Å²) in [5.74, 6) is 0.665. The molecule has 2 heterocycles. The van der Waals surface area contributed by atoms with E-state index in [1.54, 1.807) is 0 Å². The van der Waals surface area contributed by atoms with Crippen LogP contribution in [-0.4, -0.2) is 36.8 Å². The molecular weight excluding hydrogens is 262 g/mol. The largest absolute Gasteiger partial charge is 0.375 e. The van der Waals surface area contributed by atoms with E-state index in [2.05, 4.69) is 55.0 Å². The number of nitrogens with zero attached hydrogens (tertiary/aromatic N) is 2. The van der Waals surface area contributed by atoms with E-state index < -0.39 is 0 Å². The molecule has 21 heavy (non-hydrogen) atoms. The van der Waals surface area contributed by atoms with E-state index in [4.69, 9.17) is 4.74 Å². The standard InChI is InChI=1S/C17H29N3O/c1-5-16-12-21-14(4)11-20(16)17-6-7-19-15(8-17)10-18-9-13(2)3/h6-8,13-14,16,18H,5,9-12H2,1-4H3. The number of hydrogen-bond acceptors (Lipinski definition) is 4. The van der Waals surface area contributed by atoms with Gasteiger partial charge in [-0.3, -0.25) is 4.98 Å². The normalized spacial score (nSPS) is 22.8. The molecule has 0 aromatic carbocycles. The van der Waals surface area contributed by atoms with Gasteiger partial charge >= 0.3 is 0 Å². The van der Waals surface area contributed by atoms with Crippen LogP contribution in [0.3, 0.4) is 0 Å². The van der Waals surface area contributed by atoms with Crippen molar-refractivity contribution in [2.45, 2.75) is 52.8 Å². The van der Waals surface area contributed by atoms with E-state index in [0.29, 0.717) is 18.1 Å². The Balaban J connectivity index is 2.04. The van der Waals surface area contributed by atoms with E-state index in [1.807, 2.05) is 6.20 Å². The smallest absolute Gasteiger partial charge is 0.0723 e. The van der Waals surface area contributed by atoms with Crippen LogP contribution in [0, 0.1) is 5.92 Å². The summed E-state index contributed by atoms with van der Waals surface area (Å²) in [6, 6.07) is 4.81. The van der Waals surface area contributed by atoms with Crippen molar-refractivity contribution in [3.63, 3.8) is 0 Å². The number of morpholine rings is 1. The van der Waals surface area contributed by atoms with Crippen LogP contribution in [0.1, 0.15) is 39.8 Å². The predicted molar refractivity (Wildman–Crippen MR) is 87.6 cm³/mol. The maximum absolute atomic E-state index is 5.78. The van der Waals surface area contributed by atoms with Gasteiger partial charge in [0.15, 0.2) is 0 Å². The fourth-order valence-electron chi connectivity index (χ4n) is 2.73. The lowest BCUT2D eigenvalue weighted by atomic mass is 10.1. The molecule has 4 nitrogen and oxygen atoms in total. The second kappa shape index (κ2) is 7.76. The van der Waals surface area contributed by atoms with Gasteiger partial charge in [0.2, 0.25) is 0 Å². The van der Waals surface area contributed by atoms with Gasteiger partial charge in [-0.05, 0) is 37.9 Å². The highest BCUT2D eigenvalue weighted by atomic mass is 16.5. The first-order chi connectivity index (χ1) is 10.1. The molecule has 0 bridgehead atoms. The molecule has 1 aromatic heterocycles. The lowest BCUT2D eigenvalue weighted by Crippen LogP contribution is -2.48. The molecule has 0 aliphatic carbocycles. The van der Waals surface area contributed by atoms with Gasteiger partial charge < -0.3 is 15.0 Å². The van der Waals surface area contributed by atoms with Crippen molar-refractivity contribution in [3.8, 4) is 0 Å². The zero-order chi connectivity index (χ0) is 15.2. The summed E-state index contributed by atoms with van der Waals surface area (Å²) in [6.45, 7) is 12.5. The molecule has 2 unspecified atom stereocenters. The van der Waals surface area contributed by atoms with Crippen LogP contribution in [0.25, 0.3) is 0 Å². The summed E-state index contributed by atoms with van der Waals surface area (Å²) in [5.41, 5.74) is 2.38. The Kier molecular flexibility index (Phi) is 6.00. The molecule has 1 N–H and O–H groups in total. The fraction of sp³-hybridized carbons (Fsp3) is 0.706. The van der Waals surface area contributed by atoms with Gasteiger partial charge in [-0.2, -0.15) is 0 Å². The minimum Gasteiger partial charge on any atom is -0.375 e. The van der Waals surface area contributed by atoms with Crippen molar-refractivity contribution in [1.82, 2.24) is 10.3 Å². The van der Waals surface area contributed by atoms with Crippen molar-refractivity contribution >= 4 is 5.69 Å². The van der Waals surface area contributed by atoms with Crippen LogP contribution in [0.15, 0.2) is 18.3 Å². The van der Waals surface area contributed by atoms with Crippen LogP contribution >= 0.6 is 0 Å². The number of pyridine rings is 1. The van der Waals surface area contributed by atoms with E-state index in [9.17, 15) is 0 Å². The van der Waals surface area contributed by atoms with Gasteiger partial charge in [-0.15, -0.1) is 0 Å². The highest BCUT2D eigenvalue weighted by molar-refractivity contribution is 5.48. The number of aromatic nitrogens is 1. The summed E-state index contributed by atoms with van der Waals surface area (Å²) in [7, 11) is 0. The molecule has 0 radical (unpaired) electrons. The molecular formula is C17H29N3O. The maximum Gasteiger partial charge on any atom is 0.0723 e. The lowest BCUT2D eigenvalue weighted by Gasteiger charge is -2.40. The summed E-state index contributed by atoms with van der Waals surface area (Å²) >= 11 is 0. The van der Waals surface area contributed by atoms with Crippen LogP contribution in [0.5, 0.6) is 0 Å². The minimum absolute atomic E-state index is 0.295. The van der Waals surface area contributed by atoms with Gasteiger partial charge in [0, 0.05) is 25.0 Å². The average Bonchev–Trinajstić information content (AvgIpc) is 2.47. The van der Waals surface area contributed by atoms with Gasteiger partial charge in [-0.1, -0.05) is 20.8 Å². The van der Waals surface area contributed by atoms with E-state index in [0.717, 1.165) is 38.4 Å². The lowest BCUT2D eigenvalue weighted by molar-refractivity contribution is 0.0299.